The third-order valence-corrected chi connectivity index (χ3v) is 4.30. The van der Waals surface area contributed by atoms with Crippen molar-refractivity contribution in [1.29, 1.82) is 0 Å². The fourth-order valence-corrected chi connectivity index (χ4v) is 3.07. The molecule has 0 saturated carbocycles. The average Bonchev–Trinajstić information content (AvgIpc) is 2.54. The van der Waals surface area contributed by atoms with E-state index in [9.17, 15) is 0 Å². The van der Waals surface area contributed by atoms with Crippen molar-refractivity contribution >= 4 is 40.7 Å². The Morgan fingerprint density at radius 1 is 1.00 bits per heavy atom. The van der Waals surface area contributed by atoms with Gasteiger partial charge in [-0.25, -0.2) is 0 Å². The lowest BCUT2D eigenvalue weighted by Gasteiger charge is -2.18. The Kier molecular flexibility index (Phi) is 17.3. The number of nitrogens with one attached hydrogen (secondary N) is 1. The van der Waals surface area contributed by atoms with E-state index in [1.165, 1.54) is 5.56 Å². The molecule has 1 rings (SSSR count). The normalized spacial score (nSPS) is 10.2. The zero-order valence-corrected chi connectivity index (χ0v) is 19.0. The van der Waals surface area contributed by atoms with Gasteiger partial charge in [0.1, 0.15) is 0 Å². The molecule has 0 spiro atoms. The van der Waals surface area contributed by atoms with Crippen LogP contribution in [0.5, 0.6) is 11.5 Å². The van der Waals surface area contributed by atoms with Gasteiger partial charge in [-0.2, -0.15) is 0 Å². The smallest absolute Gasteiger partial charge is 0.175 e. The molecule has 0 atom stereocenters. The van der Waals surface area contributed by atoms with E-state index in [2.05, 4.69) is 52.1 Å². The van der Waals surface area contributed by atoms with Crippen LogP contribution in [0.4, 0.5) is 0 Å². The summed E-state index contributed by atoms with van der Waals surface area (Å²) < 4.78 is 12.3. The fourth-order valence-electron chi connectivity index (χ4n) is 2.47. The second-order valence-corrected chi connectivity index (χ2v) is 6.18. The number of halogens is 3. The van der Waals surface area contributed by atoms with Gasteiger partial charge in [0.05, 0.1) is 17.7 Å². The molecule has 0 radical (unpaired) electrons. The van der Waals surface area contributed by atoms with E-state index < -0.39 is 0 Å². The molecule has 25 heavy (non-hydrogen) atoms. The first-order valence-electron chi connectivity index (χ1n) is 8.67. The van der Waals surface area contributed by atoms with Crippen LogP contribution in [0, 0.1) is 0 Å². The van der Waals surface area contributed by atoms with Crippen LogP contribution in [-0.4, -0.2) is 44.3 Å². The second kappa shape index (κ2) is 16.0. The molecule has 1 aromatic rings. The molecular formula is C18H33BrCl2N2O2. The summed E-state index contributed by atoms with van der Waals surface area (Å²) in [4.78, 5) is 2.45. The second-order valence-electron chi connectivity index (χ2n) is 5.33. The molecular weight excluding hydrogens is 427 g/mol. The lowest BCUT2D eigenvalue weighted by molar-refractivity contribution is 0.285. The highest BCUT2D eigenvalue weighted by Gasteiger charge is 2.11. The maximum atomic E-state index is 5.71. The van der Waals surface area contributed by atoms with Gasteiger partial charge in [-0.15, -0.1) is 24.8 Å². The zero-order chi connectivity index (χ0) is 17.1. The van der Waals surface area contributed by atoms with E-state index in [1.807, 2.05) is 13.8 Å². The lowest BCUT2D eigenvalue weighted by Crippen LogP contribution is -2.27. The molecule has 4 nitrogen and oxygen atoms in total. The maximum absolute atomic E-state index is 5.71. The molecule has 0 amide bonds. The van der Waals surface area contributed by atoms with Crippen LogP contribution in [0.3, 0.4) is 0 Å². The van der Waals surface area contributed by atoms with E-state index in [1.54, 1.807) is 0 Å². The van der Waals surface area contributed by atoms with Gasteiger partial charge in [-0.1, -0.05) is 13.8 Å². The van der Waals surface area contributed by atoms with Crippen LogP contribution in [0.25, 0.3) is 0 Å². The van der Waals surface area contributed by atoms with Gasteiger partial charge < -0.3 is 19.7 Å². The Morgan fingerprint density at radius 3 is 2.20 bits per heavy atom. The van der Waals surface area contributed by atoms with Crippen LogP contribution in [0.1, 0.15) is 39.7 Å². The largest absolute Gasteiger partial charge is 0.490 e. The number of nitrogens with zero attached hydrogens (tertiary/aromatic N) is 1. The minimum Gasteiger partial charge on any atom is -0.490 e. The van der Waals surface area contributed by atoms with E-state index in [-0.39, 0.29) is 24.8 Å². The van der Waals surface area contributed by atoms with Crippen LogP contribution < -0.4 is 14.8 Å². The van der Waals surface area contributed by atoms with Gasteiger partial charge in [-0.05, 0) is 80.1 Å². The minimum atomic E-state index is 0. The van der Waals surface area contributed by atoms with Crippen molar-refractivity contribution < 1.29 is 9.47 Å². The first-order valence-corrected chi connectivity index (χ1v) is 9.46. The Balaban J connectivity index is 0. The Bertz CT molecular complexity index is 461. The molecule has 0 heterocycles. The van der Waals surface area contributed by atoms with Gasteiger partial charge in [0, 0.05) is 6.54 Å². The predicted octanol–water partition coefficient (Wildman–Crippen LogP) is 4.91. The molecule has 7 heteroatoms. The molecule has 0 aromatic heterocycles. The van der Waals surface area contributed by atoms with Crippen LogP contribution >= 0.6 is 40.7 Å². The van der Waals surface area contributed by atoms with Gasteiger partial charge in [0.2, 0.25) is 0 Å². The predicted molar refractivity (Wildman–Crippen MR) is 115 cm³/mol. The highest BCUT2D eigenvalue weighted by Crippen LogP contribution is 2.36. The molecule has 0 aliphatic rings. The molecule has 1 aromatic carbocycles. The van der Waals surface area contributed by atoms with Crippen molar-refractivity contribution in [3.8, 4) is 11.5 Å². The quantitative estimate of drug-likeness (QED) is 0.450. The Morgan fingerprint density at radius 2 is 1.64 bits per heavy atom. The summed E-state index contributed by atoms with van der Waals surface area (Å²) in [5.41, 5.74) is 1.20. The van der Waals surface area contributed by atoms with Crippen molar-refractivity contribution in [2.24, 2.45) is 0 Å². The molecule has 0 aliphatic carbocycles. The highest BCUT2D eigenvalue weighted by atomic mass is 79.9. The highest BCUT2D eigenvalue weighted by molar-refractivity contribution is 9.10. The van der Waals surface area contributed by atoms with Gasteiger partial charge >= 0.3 is 0 Å². The van der Waals surface area contributed by atoms with E-state index in [4.69, 9.17) is 9.47 Å². The summed E-state index contributed by atoms with van der Waals surface area (Å²) in [7, 11) is 0. The van der Waals surface area contributed by atoms with Gasteiger partial charge in [0.15, 0.2) is 11.5 Å². The molecule has 0 aliphatic heterocycles. The molecule has 0 unspecified atom stereocenters. The van der Waals surface area contributed by atoms with Crippen LogP contribution in [0.15, 0.2) is 16.6 Å². The third-order valence-electron chi connectivity index (χ3n) is 3.71. The van der Waals surface area contributed by atoms with Crippen molar-refractivity contribution in [2.45, 2.75) is 40.7 Å². The summed E-state index contributed by atoms with van der Waals surface area (Å²) in [5.74, 6) is 1.60. The number of ether oxygens (including phenoxy) is 2. The number of hydrogen-bond acceptors (Lipinski definition) is 4. The van der Waals surface area contributed by atoms with Crippen molar-refractivity contribution in [2.75, 3.05) is 39.4 Å². The van der Waals surface area contributed by atoms with Gasteiger partial charge in [-0.3, -0.25) is 0 Å². The molecule has 148 valence electrons. The topological polar surface area (TPSA) is 33.7 Å². The van der Waals surface area contributed by atoms with Crippen LogP contribution in [-0.2, 0) is 6.54 Å². The summed E-state index contributed by atoms with van der Waals surface area (Å²) in [6, 6.07) is 4.17. The first kappa shape index (κ1) is 27.0. The van der Waals surface area contributed by atoms with Crippen molar-refractivity contribution in [3.05, 3.63) is 22.2 Å². The summed E-state index contributed by atoms with van der Waals surface area (Å²) in [6.45, 7) is 14.9. The number of hydrogen-bond donors (Lipinski definition) is 1. The van der Waals surface area contributed by atoms with Crippen molar-refractivity contribution in [1.82, 2.24) is 10.2 Å². The van der Waals surface area contributed by atoms with Crippen LogP contribution in [0.2, 0.25) is 0 Å². The van der Waals surface area contributed by atoms with E-state index >= 15 is 0 Å². The average molecular weight is 460 g/mol. The molecule has 1 N–H and O–H groups in total. The summed E-state index contributed by atoms with van der Waals surface area (Å²) in [6.07, 6.45) is 1.16. The maximum Gasteiger partial charge on any atom is 0.175 e. The molecule has 0 saturated heterocycles. The van der Waals surface area contributed by atoms with Crippen molar-refractivity contribution in [3.63, 3.8) is 0 Å². The van der Waals surface area contributed by atoms with Gasteiger partial charge in [0.25, 0.3) is 0 Å². The zero-order valence-electron chi connectivity index (χ0n) is 15.8. The standard InChI is InChI=1S/C18H31BrN2O2.2ClH/c1-5-21(6-2)11-9-10-20-14-15-12-16(19)18(23-8-4)17(13-15)22-7-3;;/h12-13,20H,5-11,14H2,1-4H3;2*1H. The summed E-state index contributed by atoms with van der Waals surface area (Å²) >= 11 is 3.59. The number of rotatable bonds is 12. The van der Waals surface area contributed by atoms with E-state index in [0.717, 1.165) is 55.1 Å². The fraction of sp³-hybridized carbons (Fsp3) is 0.667. The lowest BCUT2D eigenvalue weighted by atomic mass is 10.2. The first-order chi connectivity index (χ1) is 11.2. The Labute approximate surface area is 174 Å². The monoisotopic (exact) mass is 458 g/mol. The summed E-state index contributed by atoms with van der Waals surface area (Å²) in [5, 5.41) is 3.51. The molecule has 0 bridgehead atoms. The Hall–Kier alpha value is -0.200. The number of benzene rings is 1. The minimum absolute atomic E-state index is 0. The van der Waals surface area contributed by atoms with E-state index in [0.29, 0.717) is 13.2 Å². The SMILES string of the molecule is CCOc1cc(CNCCCN(CC)CC)cc(Br)c1OCC.Cl.Cl. The molecule has 0 fully saturated rings. The third kappa shape index (κ3) is 9.90.